The van der Waals surface area contributed by atoms with Crippen LogP contribution in [0, 0.1) is 5.82 Å². The molecule has 0 N–H and O–H groups in total. The molecule has 0 aliphatic carbocycles. The van der Waals surface area contributed by atoms with Crippen LogP contribution in [0.5, 0.6) is 11.5 Å². The van der Waals surface area contributed by atoms with E-state index in [1.807, 2.05) is 29.2 Å². The molecule has 2 aromatic carbocycles. The average Bonchev–Trinajstić information content (AvgIpc) is 2.94. The van der Waals surface area contributed by atoms with Gasteiger partial charge in [0.05, 0.1) is 25.7 Å². The molecule has 0 spiro atoms. The molecule has 2 heterocycles. The second-order valence-corrected chi connectivity index (χ2v) is 10.1. The fourth-order valence-corrected chi connectivity index (χ4v) is 5.21. The highest BCUT2D eigenvalue weighted by Gasteiger charge is 2.21. The molecule has 3 aromatic rings. The van der Waals surface area contributed by atoms with Crippen molar-refractivity contribution in [2.24, 2.45) is 0 Å². The van der Waals surface area contributed by atoms with Crippen molar-refractivity contribution in [2.75, 3.05) is 69.5 Å². The van der Waals surface area contributed by atoms with Gasteiger partial charge in [-0.2, -0.15) is 0 Å². The van der Waals surface area contributed by atoms with Crippen molar-refractivity contribution < 1.29 is 18.7 Å². The maximum atomic E-state index is 14.2. The average molecular weight is 560 g/mol. The first-order valence-corrected chi connectivity index (χ1v) is 13.6. The second kappa shape index (κ2) is 13.0. The van der Waals surface area contributed by atoms with Gasteiger partial charge < -0.3 is 24.2 Å². The predicted octanol–water partition coefficient (Wildman–Crippen LogP) is 4.41. The summed E-state index contributed by atoms with van der Waals surface area (Å²) in [6.07, 6.45) is 0.684. The first-order valence-electron chi connectivity index (χ1n) is 12.2. The zero-order valence-electron chi connectivity index (χ0n) is 21.7. The summed E-state index contributed by atoms with van der Waals surface area (Å²) in [6, 6.07) is 14.3. The van der Waals surface area contributed by atoms with Gasteiger partial charge in [0.15, 0.2) is 16.7 Å². The van der Waals surface area contributed by atoms with E-state index in [4.69, 9.17) is 21.1 Å². The van der Waals surface area contributed by atoms with Crippen LogP contribution < -0.4 is 19.3 Å². The van der Waals surface area contributed by atoms with Crippen molar-refractivity contribution in [1.82, 2.24) is 14.9 Å². The number of anilines is 2. The number of methoxy groups -OCH3 is 2. The van der Waals surface area contributed by atoms with Gasteiger partial charge in [0.1, 0.15) is 16.8 Å². The van der Waals surface area contributed by atoms with Gasteiger partial charge in [-0.1, -0.05) is 41.6 Å². The van der Waals surface area contributed by atoms with Crippen LogP contribution in [-0.2, 0) is 11.2 Å². The third-order valence-electron chi connectivity index (χ3n) is 6.39. The largest absolute Gasteiger partial charge is 0.493 e. The molecule has 0 saturated carbocycles. The molecule has 0 bridgehead atoms. The smallest absolute Gasteiger partial charge is 0.232 e. The van der Waals surface area contributed by atoms with Crippen LogP contribution >= 0.6 is 23.4 Å². The molecule has 1 saturated heterocycles. The molecule has 0 radical (unpaired) electrons. The number of halogens is 2. The SMILES string of the molecule is COc1ccc(CCN(C)C(=O)CSc2nc(Cl)cc(N3CCN(c4ccccc4F)CC3)n2)cc1OC. The third kappa shape index (κ3) is 6.99. The minimum atomic E-state index is -0.219. The summed E-state index contributed by atoms with van der Waals surface area (Å²) in [7, 11) is 4.98. The maximum Gasteiger partial charge on any atom is 0.232 e. The molecule has 1 amide bonds. The number of likely N-dealkylation sites (N-methyl/N-ethyl adjacent to an activating group) is 1. The summed E-state index contributed by atoms with van der Waals surface area (Å²) in [6.45, 7) is 3.22. The van der Waals surface area contributed by atoms with Crippen LogP contribution in [-0.4, -0.2) is 80.5 Å². The number of thioether (sulfide) groups is 1. The first kappa shape index (κ1) is 27.8. The van der Waals surface area contributed by atoms with Gasteiger partial charge in [-0.3, -0.25) is 4.79 Å². The second-order valence-electron chi connectivity index (χ2n) is 8.80. The highest BCUT2D eigenvalue weighted by molar-refractivity contribution is 7.99. The van der Waals surface area contributed by atoms with Crippen LogP contribution in [0.1, 0.15) is 5.56 Å². The monoisotopic (exact) mass is 559 g/mol. The summed E-state index contributed by atoms with van der Waals surface area (Å²) in [4.78, 5) is 27.5. The van der Waals surface area contributed by atoms with Crippen molar-refractivity contribution in [2.45, 2.75) is 11.6 Å². The number of ether oxygens (including phenoxy) is 2. The van der Waals surface area contributed by atoms with Gasteiger partial charge in [0.25, 0.3) is 0 Å². The molecular formula is C27H31ClFN5O3S. The quantitative estimate of drug-likeness (QED) is 0.206. The number of piperazine rings is 1. The van der Waals surface area contributed by atoms with Crippen LogP contribution in [0.15, 0.2) is 53.7 Å². The summed E-state index contributed by atoms with van der Waals surface area (Å²) in [5.41, 5.74) is 1.66. The number of carbonyl (C=O) groups excluding carboxylic acids is 1. The van der Waals surface area contributed by atoms with E-state index >= 15 is 0 Å². The van der Waals surface area contributed by atoms with Crippen molar-refractivity contribution in [3.05, 3.63) is 65.1 Å². The highest BCUT2D eigenvalue weighted by Crippen LogP contribution is 2.28. The molecule has 0 atom stereocenters. The molecule has 1 aliphatic rings. The fraction of sp³-hybridized carbons (Fsp3) is 0.370. The van der Waals surface area contributed by atoms with Gasteiger partial charge in [0.2, 0.25) is 5.91 Å². The zero-order chi connectivity index (χ0) is 27.1. The number of carbonyl (C=O) groups is 1. The minimum absolute atomic E-state index is 0.0286. The van der Waals surface area contributed by atoms with E-state index in [9.17, 15) is 9.18 Å². The lowest BCUT2D eigenvalue weighted by molar-refractivity contribution is -0.127. The molecule has 38 heavy (non-hydrogen) atoms. The van der Waals surface area contributed by atoms with Crippen molar-refractivity contribution in [3.63, 3.8) is 0 Å². The maximum absolute atomic E-state index is 14.2. The van der Waals surface area contributed by atoms with Crippen LogP contribution in [0.25, 0.3) is 0 Å². The number of hydrogen-bond donors (Lipinski definition) is 0. The van der Waals surface area contributed by atoms with Crippen LogP contribution in [0.2, 0.25) is 5.15 Å². The lowest BCUT2D eigenvalue weighted by Gasteiger charge is -2.36. The third-order valence-corrected chi connectivity index (χ3v) is 7.42. The molecular weight excluding hydrogens is 529 g/mol. The number of amides is 1. The summed E-state index contributed by atoms with van der Waals surface area (Å²) in [5.74, 6) is 1.99. The Morgan fingerprint density at radius 1 is 1.03 bits per heavy atom. The first-order chi connectivity index (χ1) is 18.4. The van der Waals surface area contributed by atoms with Crippen molar-refractivity contribution in [1.29, 1.82) is 0 Å². The number of hydrogen-bond acceptors (Lipinski definition) is 8. The van der Waals surface area contributed by atoms with Gasteiger partial charge in [-0.05, 0) is 36.2 Å². The molecule has 202 valence electrons. The zero-order valence-corrected chi connectivity index (χ0v) is 23.3. The van der Waals surface area contributed by atoms with E-state index in [0.29, 0.717) is 72.5 Å². The Labute approximate surface area is 231 Å². The Hall–Kier alpha value is -3.24. The molecule has 1 fully saturated rings. The van der Waals surface area contributed by atoms with Gasteiger partial charge in [-0.15, -0.1) is 0 Å². The number of rotatable bonds is 10. The summed E-state index contributed by atoms with van der Waals surface area (Å²) < 4.78 is 24.8. The lowest BCUT2D eigenvalue weighted by Crippen LogP contribution is -2.47. The van der Waals surface area contributed by atoms with Crippen LogP contribution in [0.4, 0.5) is 15.9 Å². The van der Waals surface area contributed by atoms with Crippen molar-refractivity contribution >= 4 is 40.8 Å². The summed E-state index contributed by atoms with van der Waals surface area (Å²) in [5, 5.41) is 0.772. The Balaban J connectivity index is 1.29. The Kier molecular flexibility index (Phi) is 9.52. The van der Waals surface area contributed by atoms with E-state index < -0.39 is 0 Å². The normalized spacial score (nSPS) is 13.4. The number of nitrogens with zero attached hydrogens (tertiary/aromatic N) is 5. The van der Waals surface area contributed by atoms with Gasteiger partial charge >= 0.3 is 0 Å². The number of aromatic nitrogens is 2. The van der Waals surface area contributed by atoms with E-state index in [-0.39, 0.29) is 17.5 Å². The van der Waals surface area contributed by atoms with Crippen molar-refractivity contribution in [3.8, 4) is 11.5 Å². The Morgan fingerprint density at radius 2 is 1.74 bits per heavy atom. The van der Waals surface area contributed by atoms with E-state index in [0.717, 1.165) is 5.56 Å². The summed E-state index contributed by atoms with van der Waals surface area (Å²) >= 11 is 7.55. The Morgan fingerprint density at radius 3 is 2.45 bits per heavy atom. The molecule has 11 heteroatoms. The molecule has 0 unspecified atom stereocenters. The Bertz CT molecular complexity index is 1260. The highest BCUT2D eigenvalue weighted by atomic mass is 35.5. The predicted molar refractivity (Wildman–Crippen MR) is 149 cm³/mol. The standard InChI is InChI=1S/C27H31ClFN5O3S/c1-32(11-10-19-8-9-22(36-2)23(16-19)37-3)26(35)18-38-27-30-24(28)17-25(31-27)34-14-12-33(13-15-34)21-7-5-4-6-20(21)29/h4-9,16-17H,10-15,18H2,1-3H3. The number of benzene rings is 2. The van der Waals surface area contributed by atoms with Crippen LogP contribution in [0.3, 0.4) is 0 Å². The van der Waals surface area contributed by atoms with E-state index in [2.05, 4.69) is 14.9 Å². The molecule has 1 aliphatic heterocycles. The fourth-order valence-electron chi connectivity index (χ4n) is 4.19. The molecule has 4 rings (SSSR count). The lowest BCUT2D eigenvalue weighted by atomic mass is 10.1. The van der Waals surface area contributed by atoms with E-state index in [1.165, 1.54) is 17.8 Å². The minimum Gasteiger partial charge on any atom is -0.493 e. The van der Waals surface area contributed by atoms with E-state index in [1.54, 1.807) is 44.4 Å². The number of para-hydroxylation sites is 1. The molecule has 8 nitrogen and oxygen atoms in total. The topological polar surface area (TPSA) is 71.0 Å². The van der Waals surface area contributed by atoms with Gasteiger partial charge in [-0.25, -0.2) is 14.4 Å². The molecule has 1 aromatic heterocycles. The van der Waals surface area contributed by atoms with Gasteiger partial charge in [0, 0.05) is 45.8 Å².